The van der Waals surface area contributed by atoms with Crippen molar-refractivity contribution in [3.05, 3.63) is 21.4 Å². The minimum Gasteiger partial charge on any atom is -0.310 e. The van der Waals surface area contributed by atoms with Crippen LogP contribution in [-0.2, 0) is 6.54 Å². The van der Waals surface area contributed by atoms with Gasteiger partial charge in [0.2, 0.25) is 0 Å². The van der Waals surface area contributed by atoms with E-state index in [-0.39, 0.29) is 0 Å². The van der Waals surface area contributed by atoms with Crippen LogP contribution in [0.1, 0.15) is 42.0 Å². The highest BCUT2D eigenvalue weighted by molar-refractivity contribution is 7.12. The van der Waals surface area contributed by atoms with Gasteiger partial charge in [-0.15, -0.1) is 11.3 Å². The van der Waals surface area contributed by atoms with Crippen LogP contribution in [0.2, 0.25) is 0 Å². The molecular weight excluding hydrogens is 240 g/mol. The fourth-order valence-corrected chi connectivity index (χ4v) is 3.68. The lowest BCUT2D eigenvalue weighted by Gasteiger charge is -2.35. The average molecular weight is 266 g/mol. The predicted octanol–water partition coefficient (Wildman–Crippen LogP) is 3.33. The van der Waals surface area contributed by atoms with Gasteiger partial charge in [-0.3, -0.25) is 0 Å². The van der Waals surface area contributed by atoms with Crippen LogP contribution in [0.15, 0.2) is 6.07 Å². The van der Waals surface area contributed by atoms with Crippen LogP contribution >= 0.6 is 11.3 Å². The standard InChI is InChI=1S/C15H26N2S/c1-11(2)17-7-5-15(6-8-17)16-10-14-9-12(3)18-13(14)4/h9,11,15-16H,5-8,10H2,1-4H3. The second-order valence-corrected chi connectivity index (χ2v) is 7.18. The zero-order valence-corrected chi connectivity index (χ0v) is 12.9. The van der Waals surface area contributed by atoms with Crippen LogP contribution < -0.4 is 5.32 Å². The highest BCUT2D eigenvalue weighted by Gasteiger charge is 2.20. The van der Waals surface area contributed by atoms with Crippen molar-refractivity contribution in [2.24, 2.45) is 0 Å². The molecular formula is C15H26N2S. The fraction of sp³-hybridized carbons (Fsp3) is 0.733. The Bertz CT molecular complexity index is 376. The Hall–Kier alpha value is -0.380. The predicted molar refractivity (Wildman–Crippen MR) is 80.4 cm³/mol. The third-order valence-electron chi connectivity index (χ3n) is 3.98. The molecule has 2 rings (SSSR count). The molecule has 0 radical (unpaired) electrons. The third-order valence-corrected chi connectivity index (χ3v) is 4.99. The highest BCUT2D eigenvalue weighted by Crippen LogP contribution is 2.21. The number of nitrogens with zero attached hydrogens (tertiary/aromatic N) is 1. The molecule has 0 aromatic carbocycles. The summed E-state index contributed by atoms with van der Waals surface area (Å²) in [6, 6.07) is 3.74. The van der Waals surface area contributed by atoms with Crippen molar-refractivity contribution in [1.82, 2.24) is 10.2 Å². The van der Waals surface area contributed by atoms with Crippen LogP contribution in [0.5, 0.6) is 0 Å². The summed E-state index contributed by atoms with van der Waals surface area (Å²) in [5.41, 5.74) is 1.49. The summed E-state index contributed by atoms with van der Waals surface area (Å²) in [5, 5.41) is 3.73. The Morgan fingerprint density at radius 3 is 2.50 bits per heavy atom. The number of thiophene rings is 1. The van der Waals surface area contributed by atoms with Crippen molar-refractivity contribution < 1.29 is 0 Å². The molecule has 0 spiro atoms. The van der Waals surface area contributed by atoms with E-state index < -0.39 is 0 Å². The number of aryl methyl sites for hydroxylation is 2. The minimum atomic E-state index is 0.702. The van der Waals surface area contributed by atoms with Crippen LogP contribution in [0.4, 0.5) is 0 Å². The number of hydrogen-bond donors (Lipinski definition) is 1. The first-order chi connectivity index (χ1) is 8.56. The summed E-state index contributed by atoms with van der Waals surface area (Å²) in [6.07, 6.45) is 2.58. The molecule has 1 aromatic rings. The van der Waals surface area contributed by atoms with E-state index in [0.717, 1.165) is 6.54 Å². The molecule has 0 saturated carbocycles. The van der Waals surface area contributed by atoms with Gasteiger partial charge in [-0.2, -0.15) is 0 Å². The smallest absolute Gasteiger partial charge is 0.0219 e. The molecule has 0 amide bonds. The lowest BCUT2D eigenvalue weighted by atomic mass is 10.0. The molecule has 1 aliphatic rings. The zero-order chi connectivity index (χ0) is 13.1. The number of nitrogens with one attached hydrogen (secondary N) is 1. The van der Waals surface area contributed by atoms with Gasteiger partial charge in [0.15, 0.2) is 0 Å². The monoisotopic (exact) mass is 266 g/mol. The summed E-state index contributed by atoms with van der Waals surface area (Å²) in [4.78, 5) is 5.48. The van der Waals surface area contributed by atoms with Crippen molar-refractivity contribution in [2.45, 2.75) is 59.2 Å². The molecule has 0 unspecified atom stereocenters. The summed E-state index contributed by atoms with van der Waals surface area (Å²) in [7, 11) is 0. The summed E-state index contributed by atoms with van der Waals surface area (Å²) < 4.78 is 0. The normalized spacial score (nSPS) is 18.7. The lowest BCUT2D eigenvalue weighted by Crippen LogP contribution is -2.44. The number of likely N-dealkylation sites (tertiary alicyclic amines) is 1. The van der Waals surface area contributed by atoms with Gasteiger partial charge in [-0.05, 0) is 65.3 Å². The molecule has 0 bridgehead atoms. The van der Waals surface area contributed by atoms with Crippen molar-refractivity contribution >= 4 is 11.3 Å². The summed E-state index contributed by atoms with van der Waals surface area (Å²) in [5.74, 6) is 0. The van der Waals surface area contributed by atoms with Gasteiger partial charge in [0, 0.05) is 28.4 Å². The van der Waals surface area contributed by atoms with Gasteiger partial charge in [0.1, 0.15) is 0 Å². The average Bonchev–Trinajstić information content (AvgIpc) is 2.66. The van der Waals surface area contributed by atoms with Crippen LogP contribution in [0.3, 0.4) is 0 Å². The maximum Gasteiger partial charge on any atom is 0.0219 e. The number of piperidine rings is 1. The van der Waals surface area contributed by atoms with Crippen molar-refractivity contribution in [3.8, 4) is 0 Å². The molecule has 1 aliphatic heterocycles. The van der Waals surface area contributed by atoms with E-state index in [1.807, 2.05) is 11.3 Å². The Morgan fingerprint density at radius 2 is 2.00 bits per heavy atom. The molecule has 2 heterocycles. The second kappa shape index (κ2) is 6.18. The Labute approximate surface area is 115 Å². The topological polar surface area (TPSA) is 15.3 Å². The van der Waals surface area contributed by atoms with E-state index in [1.54, 1.807) is 0 Å². The second-order valence-electron chi connectivity index (χ2n) is 5.72. The van der Waals surface area contributed by atoms with E-state index in [1.165, 1.54) is 41.2 Å². The minimum absolute atomic E-state index is 0.702. The van der Waals surface area contributed by atoms with Crippen LogP contribution in [0, 0.1) is 13.8 Å². The molecule has 1 N–H and O–H groups in total. The van der Waals surface area contributed by atoms with Crippen molar-refractivity contribution in [2.75, 3.05) is 13.1 Å². The van der Waals surface area contributed by atoms with Gasteiger partial charge in [-0.1, -0.05) is 0 Å². The maximum atomic E-state index is 3.73. The largest absolute Gasteiger partial charge is 0.310 e. The van der Waals surface area contributed by atoms with Gasteiger partial charge in [0.25, 0.3) is 0 Å². The molecule has 0 atom stereocenters. The first kappa shape index (κ1) is 14.0. The first-order valence-electron chi connectivity index (χ1n) is 7.09. The van der Waals surface area contributed by atoms with Crippen LogP contribution in [0.25, 0.3) is 0 Å². The number of hydrogen-bond acceptors (Lipinski definition) is 3. The van der Waals surface area contributed by atoms with E-state index >= 15 is 0 Å². The van der Waals surface area contributed by atoms with Crippen molar-refractivity contribution in [3.63, 3.8) is 0 Å². The molecule has 1 saturated heterocycles. The third kappa shape index (κ3) is 3.56. The highest BCUT2D eigenvalue weighted by atomic mass is 32.1. The molecule has 0 aliphatic carbocycles. The van der Waals surface area contributed by atoms with Crippen LogP contribution in [-0.4, -0.2) is 30.1 Å². The SMILES string of the molecule is Cc1cc(CNC2CCN(C(C)C)CC2)c(C)s1. The molecule has 2 nitrogen and oxygen atoms in total. The Morgan fingerprint density at radius 1 is 1.33 bits per heavy atom. The van der Waals surface area contributed by atoms with E-state index in [0.29, 0.717) is 12.1 Å². The summed E-state index contributed by atoms with van der Waals surface area (Å²) >= 11 is 1.91. The quantitative estimate of drug-likeness (QED) is 0.899. The van der Waals surface area contributed by atoms with E-state index in [2.05, 4.69) is 44.0 Å². The Kier molecular flexibility index (Phi) is 4.82. The maximum absolute atomic E-state index is 3.73. The van der Waals surface area contributed by atoms with Gasteiger partial charge >= 0.3 is 0 Å². The zero-order valence-electron chi connectivity index (χ0n) is 12.1. The van der Waals surface area contributed by atoms with E-state index in [9.17, 15) is 0 Å². The van der Waals surface area contributed by atoms with Gasteiger partial charge in [0.05, 0.1) is 0 Å². The van der Waals surface area contributed by atoms with Crippen molar-refractivity contribution in [1.29, 1.82) is 0 Å². The summed E-state index contributed by atoms with van der Waals surface area (Å²) in [6.45, 7) is 12.6. The van der Waals surface area contributed by atoms with E-state index in [4.69, 9.17) is 0 Å². The Balaban J connectivity index is 1.77. The molecule has 102 valence electrons. The number of rotatable bonds is 4. The molecule has 18 heavy (non-hydrogen) atoms. The molecule has 3 heteroatoms. The van der Waals surface area contributed by atoms with Gasteiger partial charge < -0.3 is 10.2 Å². The molecule has 1 fully saturated rings. The fourth-order valence-electron chi connectivity index (χ4n) is 2.73. The lowest BCUT2D eigenvalue weighted by molar-refractivity contribution is 0.161. The molecule has 1 aromatic heterocycles. The first-order valence-corrected chi connectivity index (χ1v) is 7.91. The van der Waals surface area contributed by atoms with Gasteiger partial charge in [-0.25, -0.2) is 0 Å².